The molecular formula is C11H22N2O. The van der Waals surface area contributed by atoms with Crippen molar-refractivity contribution in [1.29, 1.82) is 0 Å². The Balaban J connectivity index is 2.09. The molecule has 1 aliphatic carbocycles. The molecule has 0 heterocycles. The monoisotopic (exact) mass is 198 g/mol. The van der Waals surface area contributed by atoms with E-state index in [1.807, 2.05) is 6.92 Å². The number of hydrogen-bond donors (Lipinski definition) is 2. The minimum Gasteiger partial charge on any atom is -0.353 e. The van der Waals surface area contributed by atoms with Crippen molar-refractivity contribution in [2.75, 3.05) is 6.54 Å². The number of amides is 1. The van der Waals surface area contributed by atoms with Crippen LogP contribution in [0.4, 0.5) is 0 Å². The summed E-state index contributed by atoms with van der Waals surface area (Å²) in [6.45, 7) is 4.50. The number of rotatable bonds is 4. The van der Waals surface area contributed by atoms with E-state index in [9.17, 15) is 4.79 Å². The summed E-state index contributed by atoms with van der Waals surface area (Å²) >= 11 is 0. The molecule has 1 saturated carbocycles. The average Bonchev–Trinajstić information content (AvgIpc) is 2.15. The summed E-state index contributed by atoms with van der Waals surface area (Å²) in [6.07, 6.45) is 6.69. The van der Waals surface area contributed by atoms with Gasteiger partial charge in [-0.2, -0.15) is 0 Å². The van der Waals surface area contributed by atoms with E-state index in [4.69, 9.17) is 0 Å². The standard InChI is InChI=1S/C11H22N2O/c1-9(13-10(2)14)8-12-11-6-4-3-5-7-11/h9,11-12H,3-8H2,1-2H3,(H,13,14)/t9-/m0/s1. The summed E-state index contributed by atoms with van der Waals surface area (Å²) < 4.78 is 0. The lowest BCUT2D eigenvalue weighted by Crippen LogP contribution is -2.43. The van der Waals surface area contributed by atoms with Gasteiger partial charge in [0.1, 0.15) is 0 Å². The maximum Gasteiger partial charge on any atom is 0.217 e. The molecule has 82 valence electrons. The normalized spacial score (nSPS) is 20.4. The number of carbonyl (C=O) groups is 1. The SMILES string of the molecule is CC(=O)N[C@@H](C)CNC1CCCCC1. The first-order chi connectivity index (χ1) is 6.68. The van der Waals surface area contributed by atoms with E-state index in [1.54, 1.807) is 6.92 Å². The fourth-order valence-corrected chi connectivity index (χ4v) is 2.05. The smallest absolute Gasteiger partial charge is 0.217 e. The molecule has 1 atom stereocenters. The predicted octanol–water partition coefficient (Wildman–Crippen LogP) is 1.43. The van der Waals surface area contributed by atoms with E-state index in [1.165, 1.54) is 32.1 Å². The Morgan fingerprint density at radius 2 is 2.00 bits per heavy atom. The Morgan fingerprint density at radius 3 is 2.57 bits per heavy atom. The summed E-state index contributed by atoms with van der Waals surface area (Å²) in [4.78, 5) is 10.8. The van der Waals surface area contributed by atoms with Crippen molar-refractivity contribution in [3.63, 3.8) is 0 Å². The van der Waals surface area contributed by atoms with E-state index < -0.39 is 0 Å². The molecule has 1 rings (SSSR count). The molecule has 14 heavy (non-hydrogen) atoms. The van der Waals surface area contributed by atoms with Gasteiger partial charge < -0.3 is 10.6 Å². The van der Waals surface area contributed by atoms with Crippen LogP contribution in [0.2, 0.25) is 0 Å². The highest BCUT2D eigenvalue weighted by Gasteiger charge is 2.13. The third-order valence-corrected chi connectivity index (χ3v) is 2.77. The molecule has 0 saturated heterocycles. The molecule has 3 nitrogen and oxygen atoms in total. The molecule has 1 amide bonds. The first kappa shape index (κ1) is 11.5. The van der Waals surface area contributed by atoms with Gasteiger partial charge in [0, 0.05) is 25.6 Å². The average molecular weight is 198 g/mol. The summed E-state index contributed by atoms with van der Waals surface area (Å²) in [5.74, 6) is 0.0583. The molecule has 0 spiro atoms. The second-order valence-electron chi connectivity index (χ2n) is 4.34. The van der Waals surface area contributed by atoms with Crippen LogP contribution in [-0.4, -0.2) is 24.5 Å². The fourth-order valence-electron chi connectivity index (χ4n) is 2.05. The fraction of sp³-hybridized carbons (Fsp3) is 0.909. The van der Waals surface area contributed by atoms with Crippen molar-refractivity contribution < 1.29 is 4.79 Å². The topological polar surface area (TPSA) is 41.1 Å². The first-order valence-electron chi connectivity index (χ1n) is 5.69. The number of nitrogens with one attached hydrogen (secondary N) is 2. The lowest BCUT2D eigenvalue weighted by Gasteiger charge is -2.24. The maximum atomic E-state index is 10.8. The molecule has 0 aromatic heterocycles. The van der Waals surface area contributed by atoms with Gasteiger partial charge in [0.2, 0.25) is 5.91 Å². The van der Waals surface area contributed by atoms with Crippen molar-refractivity contribution in [3.8, 4) is 0 Å². The maximum absolute atomic E-state index is 10.8. The molecule has 0 radical (unpaired) electrons. The van der Waals surface area contributed by atoms with Crippen molar-refractivity contribution in [1.82, 2.24) is 10.6 Å². The van der Waals surface area contributed by atoms with Crippen LogP contribution in [0.5, 0.6) is 0 Å². The first-order valence-corrected chi connectivity index (χ1v) is 5.69. The van der Waals surface area contributed by atoms with Crippen LogP contribution < -0.4 is 10.6 Å². The molecule has 0 aromatic carbocycles. The minimum atomic E-state index is 0.0583. The Labute approximate surface area is 86.6 Å². The second-order valence-corrected chi connectivity index (χ2v) is 4.34. The van der Waals surface area contributed by atoms with Crippen molar-refractivity contribution in [2.45, 2.75) is 58.0 Å². The summed E-state index contributed by atoms with van der Waals surface area (Å²) in [5.41, 5.74) is 0. The third-order valence-electron chi connectivity index (χ3n) is 2.77. The molecule has 0 aliphatic heterocycles. The highest BCUT2D eigenvalue weighted by atomic mass is 16.1. The molecule has 2 N–H and O–H groups in total. The zero-order valence-corrected chi connectivity index (χ0v) is 9.31. The van der Waals surface area contributed by atoms with Gasteiger partial charge in [0.15, 0.2) is 0 Å². The second kappa shape index (κ2) is 6.02. The van der Waals surface area contributed by atoms with Crippen molar-refractivity contribution >= 4 is 5.91 Å². The van der Waals surface area contributed by atoms with E-state index in [-0.39, 0.29) is 11.9 Å². The van der Waals surface area contributed by atoms with Crippen LogP contribution >= 0.6 is 0 Å². The summed E-state index contributed by atoms with van der Waals surface area (Å²) in [6, 6.07) is 0.925. The van der Waals surface area contributed by atoms with Crippen LogP contribution in [0.3, 0.4) is 0 Å². The number of hydrogen-bond acceptors (Lipinski definition) is 2. The summed E-state index contributed by atoms with van der Waals surface area (Å²) in [7, 11) is 0. The van der Waals surface area contributed by atoms with E-state index >= 15 is 0 Å². The van der Waals surface area contributed by atoms with Crippen molar-refractivity contribution in [2.24, 2.45) is 0 Å². The van der Waals surface area contributed by atoms with Gasteiger partial charge >= 0.3 is 0 Å². The molecule has 0 bridgehead atoms. The molecule has 0 unspecified atom stereocenters. The molecule has 0 aromatic rings. The molecular weight excluding hydrogens is 176 g/mol. The zero-order chi connectivity index (χ0) is 10.4. The minimum absolute atomic E-state index is 0.0583. The van der Waals surface area contributed by atoms with Crippen molar-refractivity contribution in [3.05, 3.63) is 0 Å². The highest BCUT2D eigenvalue weighted by molar-refractivity contribution is 5.73. The zero-order valence-electron chi connectivity index (χ0n) is 9.31. The van der Waals surface area contributed by atoms with Crippen LogP contribution in [0, 0.1) is 0 Å². The lowest BCUT2D eigenvalue weighted by atomic mass is 9.95. The largest absolute Gasteiger partial charge is 0.353 e. The van der Waals surface area contributed by atoms with E-state index in [0.29, 0.717) is 6.04 Å². The molecule has 3 heteroatoms. The van der Waals surface area contributed by atoms with Gasteiger partial charge in [0.25, 0.3) is 0 Å². The Morgan fingerprint density at radius 1 is 1.36 bits per heavy atom. The van der Waals surface area contributed by atoms with Crippen LogP contribution in [0.25, 0.3) is 0 Å². The Kier molecular flexibility index (Phi) is 4.94. The highest BCUT2D eigenvalue weighted by Crippen LogP contribution is 2.17. The van der Waals surface area contributed by atoms with Crippen LogP contribution in [0.1, 0.15) is 46.0 Å². The Hall–Kier alpha value is -0.570. The van der Waals surface area contributed by atoms with E-state index in [0.717, 1.165) is 6.54 Å². The number of carbonyl (C=O) groups excluding carboxylic acids is 1. The predicted molar refractivity (Wildman–Crippen MR) is 58.2 cm³/mol. The molecule has 1 aliphatic rings. The van der Waals surface area contributed by atoms with Gasteiger partial charge in [-0.25, -0.2) is 0 Å². The molecule has 1 fully saturated rings. The summed E-state index contributed by atoms with van der Waals surface area (Å²) in [5, 5.41) is 6.39. The Bertz CT molecular complexity index is 176. The van der Waals surface area contributed by atoms with Gasteiger partial charge in [0.05, 0.1) is 0 Å². The van der Waals surface area contributed by atoms with Crippen LogP contribution in [-0.2, 0) is 4.79 Å². The quantitative estimate of drug-likeness (QED) is 0.717. The van der Waals surface area contributed by atoms with Gasteiger partial charge in [-0.3, -0.25) is 4.79 Å². The van der Waals surface area contributed by atoms with Gasteiger partial charge in [-0.05, 0) is 19.8 Å². The van der Waals surface area contributed by atoms with Crippen LogP contribution in [0.15, 0.2) is 0 Å². The van der Waals surface area contributed by atoms with E-state index in [2.05, 4.69) is 10.6 Å². The van der Waals surface area contributed by atoms with Gasteiger partial charge in [-0.15, -0.1) is 0 Å². The van der Waals surface area contributed by atoms with Gasteiger partial charge in [-0.1, -0.05) is 19.3 Å². The lowest BCUT2D eigenvalue weighted by molar-refractivity contribution is -0.119. The third kappa shape index (κ3) is 4.61.